The van der Waals surface area contributed by atoms with Crippen LogP contribution >= 0.6 is 11.6 Å². The lowest BCUT2D eigenvalue weighted by molar-refractivity contribution is 0.612. The van der Waals surface area contributed by atoms with Gasteiger partial charge in [-0.2, -0.15) is 20.3 Å². The van der Waals surface area contributed by atoms with Crippen LogP contribution < -0.4 is 22.3 Å². The van der Waals surface area contributed by atoms with Crippen molar-refractivity contribution < 1.29 is 0 Å². The first kappa shape index (κ1) is 21.1. The van der Waals surface area contributed by atoms with Crippen LogP contribution in [-0.2, 0) is 0 Å². The SMILES string of the molecule is CCC[C@H](Nc1nc(N)nc(N)c1C#N)c1nc2cccc(Cl)c2c(=O)n1-c1cc[nH]n1. The zero-order chi connectivity index (χ0) is 22.8. The third-order valence-electron chi connectivity index (χ3n) is 4.85. The van der Waals surface area contributed by atoms with Gasteiger partial charge in [-0.15, -0.1) is 0 Å². The summed E-state index contributed by atoms with van der Waals surface area (Å²) in [5.41, 5.74) is 11.7. The Morgan fingerprint density at radius 3 is 2.78 bits per heavy atom. The van der Waals surface area contributed by atoms with E-state index in [0.29, 0.717) is 28.6 Å². The summed E-state index contributed by atoms with van der Waals surface area (Å²) in [7, 11) is 0. The molecule has 1 aromatic carbocycles. The lowest BCUT2D eigenvalue weighted by Crippen LogP contribution is -2.29. The minimum absolute atomic E-state index is 0.0410. The third-order valence-corrected chi connectivity index (χ3v) is 5.17. The molecule has 0 unspecified atom stereocenters. The van der Waals surface area contributed by atoms with E-state index in [1.165, 1.54) is 4.57 Å². The van der Waals surface area contributed by atoms with Gasteiger partial charge in [-0.1, -0.05) is 31.0 Å². The Morgan fingerprint density at radius 1 is 1.28 bits per heavy atom. The van der Waals surface area contributed by atoms with Gasteiger partial charge in [0.05, 0.1) is 22.0 Å². The molecule has 0 fully saturated rings. The van der Waals surface area contributed by atoms with Crippen molar-refractivity contribution >= 4 is 40.1 Å². The quantitative estimate of drug-likeness (QED) is 0.343. The Hall–Kier alpha value is -4.17. The smallest absolute Gasteiger partial charge is 0.268 e. The zero-order valence-electron chi connectivity index (χ0n) is 17.0. The number of rotatable bonds is 6. The van der Waals surface area contributed by atoms with Crippen molar-refractivity contribution in [1.82, 2.24) is 29.7 Å². The number of benzene rings is 1. The van der Waals surface area contributed by atoms with E-state index in [0.717, 1.165) is 6.42 Å². The second kappa shape index (κ2) is 8.52. The predicted molar refractivity (Wildman–Crippen MR) is 121 cm³/mol. The highest BCUT2D eigenvalue weighted by atomic mass is 35.5. The molecule has 12 heteroatoms. The van der Waals surface area contributed by atoms with Gasteiger partial charge in [-0.05, 0) is 18.6 Å². The molecule has 0 radical (unpaired) electrons. The molecule has 0 aliphatic rings. The van der Waals surface area contributed by atoms with Crippen molar-refractivity contribution in [2.75, 3.05) is 16.8 Å². The minimum atomic E-state index is -0.534. The summed E-state index contributed by atoms with van der Waals surface area (Å²) < 4.78 is 1.39. The Balaban J connectivity index is 1.97. The van der Waals surface area contributed by atoms with Gasteiger partial charge in [0.15, 0.2) is 11.6 Å². The molecule has 3 aromatic heterocycles. The highest BCUT2D eigenvalue weighted by Crippen LogP contribution is 2.28. The number of H-pyrrole nitrogens is 1. The summed E-state index contributed by atoms with van der Waals surface area (Å²) in [5.74, 6) is 0.760. The van der Waals surface area contributed by atoms with Gasteiger partial charge in [0, 0.05) is 12.3 Å². The molecule has 0 aliphatic heterocycles. The monoisotopic (exact) mass is 450 g/mol. The van der Waals surface area contributed by atoms with Gasteiger partial charge in [0.1, 0.15) is 23.3 Å². The zero-order valence-corrected chi connectivity index (χ0v) is 17.8. The lowest BCUT2D eigenvalue weighted by Gasteiger charge is -2.22. The van der Waals surface area contributed by atoms with Gasteiger partial charge in [0.2, 0.25) is 5.95 Å². The van der Waals surface area contributed by atoms with Crippen molar-refractivity contribution in [3.63, 3.8) is 0 Å². The number of aromatic amines is 1. The van der Waals surface area contributed by atoms with Gasteiger partial charge in [0.25, 0.3) is 5.56 Å². The van der Waals surface area contributed by atoms with Gasteiger partial charge in [-0.25, -0.2) is 9.55 Å². The molecule has 4 rings (SSSR count). The Labute approximate surface area is 187 Å². The molecule has 0 saturated heterocycles. The number of aromatic nitrogens is 6. The van der Waals surface area contributed by atoms with Crippen LogP contribution in [-0.4, -0.2) is 29.7 Å². The average Bonchev–Trinajstić information content (AvgIpc) is 3.27. The minimum Gasteiger partial charge on any atom is -0.382 e. The summed E-state index contributed by atoms with van der Waals surface area (Å²) in [6.45, 7) is 1.98. The van der Waals surface area contributed by atoms with E-state index in [4.69, 9.17) is 28.1 Å². The van der Waals surface area contributed by atoms with Crippen LogP contribution in [0.15, 0.2) is 35.3 Å². The van der Waals surface area contributed by atoms with Crippen LogP contribution in [0.5, 0.6) is 0 Å². The molecule has 11 nitrogen and oxygen atoms in total. The average molecular weight is 451 g/mol. The summed E-state index contributed by atoms with van der Waals surface area (Å²) in [5, 5.41) is 20.2. The molecule has 3 heterocycles. The molecule has 0 amide bonds. The number of hydrogen-bond acceptors (Lipinski definition) is 9. The maximum absolute atomic E-state index is 13.5. The third kappa shape index (κ3) is 3.67. The fourth-order valence-electron chi connectivity index (χ4n) is 3.47. The molecule has 6 N–H and O–H groups in total. The van der Waals surface area contributed by atoms with Crippen LogP contribution in [0.25, 0.3) is 16.7 Å². The molecular formula is C20H19ClN10O. The van der Waals surface area contributed by atoms with Crippen LogP contribution in [0.3, 0.4) is 0 Å². The van der Waals surface area contributed by atoms with E-state index >= 15 is 0 Å². The highest BCUT2D eigenvalue weighted by molar-refractivity contribution is 6.35. The van der Waals surface area contributed by atoms with Crippen molar-refractivity contribution in [3.8, 4) is 11.9 Å². The summed E-state index contributed by atoms with van der Waals surface area (Å²) in [6.07, 6.45) is 2.89. The number of nitrogens with two attached hydrogens (primary N) is 2. The second-order valence-corrected chi connectivity index (χ2v) is 7.37. The normalized spacial score (nSPS) is 11.9. The maximum Gasteiger partial charge on any atom is 0.268 e. The van der Waals surface area contributed by atoms with E-state index in [1.807, 2.05) is 13.0 Å². The maximum atomic E-state index is 13.5. The van der Waals surface area contributed by atoms with Gasteiger partial charge < -0.3 is 16.8 Å². The van der Waals surface area contributed by atoms with Crippen LogP contribution in [0.1, 0.15) is 37.2 Å². The number of nitriles is 1. The number of halogens is 1. The molecule has 162 valence electrons. The van der Waals surface area contributed by atoms with Crippen molar-refractivity contribution in [3.05, 3.63) is 57.2 Å². The van der Waals surface area contributed by atoms with E-state index < -0.39 is 6.04 Å². The number of anilines is 3. The Kier molecular flexibility index (Phi) is 5.61. The van der Waals surface area contributed by atoms with E-state index in [-0.39, 0.29) is 34.1 Å². The van der Waals surface area contributed by atoms with Gasteiger partial charge in [-0.3, -0.25) is 9.89 Å². The number of nitrogens with one attached hydrogen (secondary N) is 2. The number of nitrogens with zero attached hydrogens (tertiary/aromatic N) is 6. The molecule has 32 heavy (non-hydrogen) atoms. The number of nitrogen functional groups attached to an aromatic ring is 2. The van der Waals surface area contributed by atoms with E-state index in [1.54, 1.807) is 30.5 Å². The lowest BCUT2D eigenvalue weighted by atomic mass is 10.1. The van der Waals surface area contributed by atoms with E-state index in [2.05, 4.69) is 25.5 Å². The summed E-state index contributed by atoms with van der Waals surface area (Å²) >= 11 is 6.31. The number of hydrogen-bond donors (Lipinski definition) is 4. The second-order valence-electron chi connectivity index (χ2n) is 6.97. The van der Waals surface area contributed by atoms with Crippen molar-refractivity contribution in [2.45, 2.75) is 25.8 Å². The molecule has 1 atom stereocenters. The Morgan fingerprint density at radius 2 is 2.09 bits per heavy atom. The number of fused-ring (bicyclic) bond motifs is 1. The standard InChI is InChI=1S/C20H19ClN10O/c1-2-4-13(26-17-10(9-22)16(23)28-20(24)29-17)18-27-12-6-3-5-11(21)15(12)19(32)31(18)14-7-8-25-30-14/h3,5-8,13H,2,4H2,1H3,(H,25,30)(H5,23,24,26,28,29)/t13-/m0/s1. The topological polar surface area (TPSA) is 177 Å². The van der Waals surface area contributed by atoms with Crippen LogP contribution in [0.2, 0.25) is 5.02 Å². The molecular weight excluding hydrogens is 432 g/mol. The molecule has 0 aliphatic carbocycles. The van der Waals surface area contributed by atoms with E-state index in [9.17, 15) is 10.1 Å². The predicted octanol–water partition coefficient (Wildman–Crippen LogP) is 2.54. The van der Waals surface area contributed by atoms with Crippen LogP contribution in [0.4, 0.5) is 17.6 Å². The molecule has 0 bridgehead atoms. The summed E-state index contributed by atoms with van der Waals surface area (Å²) in [6, 6.07) is 8.18. The van der Waals surface area contributed by atoms with Crippen molar-refractivity contribution in [1.29, 1.82) is 5.26 Å². The Bertz CT molecular complexity index is 1390. The summed E-state index contributed by atoms with van der Waals surface area (Å²) in [4.78, 5) is 26.2. The largest absolute Gasteiger partial charge is 0.382 e. The first-order valence-electron chi connectivity index (χ1n) is 9.75. The fourth-order valence-corrected chi connectivity index (χ4v) is 3.72. The first-order valence-corrected chi connectivity index (χ1v) is 10.1. The first-order chi connectivity index (χ1) is 15.4. The van der Waals surface area contributed by atoms with Crippen LogP contribution in [0, 0.1) is 11.3 Å². The molecule has 4 aromatic rings. The molecule has 0 spiro atoms. The molecule has 0 saturated carbocycles. The van der Waals surface area contributed by atoms with Gasteiger partial charge >= 0.3 is 0 Å². The van der Waals surface area contributed by atoms with Crippen molar-refractivity contribution in [2.24, 2.45) is 0 Å². The highest BCUT2D eigenvalue weighted by Gasteiger charge is 2.24. The fraction of sp³-hybridized carbons (Fsp3) is 0.200.